The fourth-order valence-corrected chi connectivity index (χ4v) is 1.88. The zero-order valence-electron chi connectivity index (χ0n) is 9.57. The fourth-order valence-electron chi connectivity index (χ4n) is 1.88. The number of Topliss-reactive ketones (excluding diaryl/α,β-unsaturated/α-hetero) is 1. The van der Waals surface area contributed by atoms with Gasteiger partial charge in [-0.25, -0.2) is 0 Å². The van der Waals surface area contributed by atoms with E-state index >= 15 is 0 Å². The van der Waals surface area contributed by atoms with E-state index in [1.54, 1.807) is 6.92 Å². The molecule has 2 rings (SSSR count). The highest BCUT2D eigenvalue weighted by atomic mass is 16.5. The van der Waals surface area contributed by atoms with Gasteiger partial charge in [-0.05, 0) is 19.8 Å². The molecule has 1 aliphatic carbocycles. The largest absolute Gasteiger partial charge is 0.378 e. The number of morpholine rings is 1. The molecule has 0 aromatic heterocycles. The van der Waals surface area contributed by atoms with Crippen molar-refractivity contribution in [2.75, 3.05) is 26.3 Å². The Morgan fingerprint density at radius 3 is 2.81 bits per heavy atom. The molecule has 16 heavy (non-hydrogen) atoms. The average molecular weight is 226 g/mol. The third kappa shape index (κ3) is 3.02. The molecular formula is C11H18N2O3. The lowest BCUT2D eigenvalue weighted by molar-refractivity contribution is -0.134. The van der Waals surface area contributed by atoms with Crippen molar-refractivity contribution < 1.29 is 14.3 Å². The number of carbonyl (C=O) groups is 2. The number of nitrogens with zero attached hydrogens (tertiary/aromatic N) is 1. The minimum absolute atomic E-state index is 0.00319. The molecule has 1 heterocycles. The molecule has 1 N–H and O–H groups in total. The molecule has 1 saturated heterocycles. The number of ether oxygens (including phenoxy) is 1. The van der Waals surface area contributed by atoms with Crippen LogP contribution in [0.25, 0.3) is 0 Å². The van der Waals surface area contributed by atoms with Crippen LogP contribution in [0.5, 0.6) is 0 Å². The normalized spacial score (nSPS) is 26.4. The van der Waals surface area contributed by atoms with Gasteiger partial charge in [0.25, 0.3) is 0 Å². The molecular weight excluding hydrogens is 208 g/mol. The van der Waals surface area contributed by atoms with Gasteiger partial charge in [-0.3, -0.25) is 14.5 Å². The Kier molecular flexibility index (Phi) is 3.56. The molecule has 90 valence electrons. The van der Waals surface area contributed by atoms with Gasteiger partial charge in [-0.2, -0.15) is 0 Å². The first-order valence-corrected chi connectivity index (χ1v) is 5.78. The molecule has 1 saturated carbocycles. The number of nitrogens with one attached hydrogen (secondary N) is 1. The predicted octanol–water partition coefficient (Wildman–Crippen LogP) is -0.445. The third-order valence-corrected chi connectivity index (χ3v) is 2.89. The molecule has 1 amide bonds. The van der Waals surface area contributed by atoms with Crippen LogP contribution < -0.4 is 5.32 Å². The van der Waals surface area contributed by atoms with Crippen LogP contribution in [0.1, 0.15) is 19.8 Å². The predicted molar refractivity (Wildman–Crippen MR) is 58.0 cm³/mol. The summed E-state index contributed by atoms with van der Waals surface area (Å²) in [6.07, 6.45) is 2.15. The summed E-state index contributed by atoms with van der Waals surface area (Å²) in [5, 5.41) is 2.95. The van der Waals surface area contributed by atoms with Crippen molar-refractivity contribution >= 4 is 11.7 Å². The van der Waals surface area contributed by atoms with Crippen LogP contribution in [0.2, 0.25) is 0 Å². The Bertz CT molecular complexity index is 289. The van der Waals surface area contributed by atoms with Gasteiger partial charge >= 0.3 is 0 Å². The van der Waals surface area contributed by atoms with Crippen molar-refractivity contribution in [1.82, 2.24) is 10.2 Å². The molecule has 5 nitrogen and oxygen atoms in total. The van der Waals surface area contributed by atoms with Crippen LogP contribution in [0.15, 0.2) is 0 Å². The van der Waals surface area contributed by atoms with E-state index in [0.29, 0.717) is 32.3 Å². The molecule has 5 heteroatoms. The van der Waals surface area contributed by atoms with E-state index in [0.717, 1.165) is 12.8 Å². The Labute approximate surface area is 95.1 Å². The zero-order chi connectivity index (χ0) is 11.5. The molecule has 0 bridgehead atoms. The van der Waals surface area contributed by atoms with E-state index in [2.05, 4.69) is 5.32 Å². The molecule has 0 radical (unpaired) electrons. The Hall–Kier alpha value is -0.940. The van der Waals surface area contributed by atoms with Crippen LogP contribution in [-0.2, 0) is 14.3 Å². The van der Waals surface area contributed by atoms with E-state index in [1.807, 2.05) is 4.90 Å². The van der Waals surface area contributed by atoms with Crippen LogP contribution in [0.3, 0.4) is 0 Å². The highest BCUT2D eigenvalue weighted by Crippen LogP contribution is 2.19. The first-order valence-electron chi connectivity index (χ1n) is 5.78. The maximum absolute atomic E-state index is 11.9. The van der Waals surface area contributed by atoms with E-state index in [4.69, 9.17) is 4.74 Å². The lowest BCUT2D eigenvalue weighted by Gasteiger charge is -2.33. The summed E-state index contributed by atoms with van der Waals surface area (Å²) in [6.45, 7) is 3.53. The molecule has 1 aliphatic heterocycles. The Morgan fingerprint density at radius 2 is 2.19 bits per heavy atom. The quantitative estimate of drug-likeness (QED) is 0.705. The number of rotatable bonds is 4. The number of amides is 1. The molecule has 0 aromatic carbocycles. The highest BCUT2D eigenvalue weighted by Gasteiger charge is 2.33. The summed E-state index contributed by atoms with van der Waals surface area (Å²) in [5.41, 5.74) is 0. The van der Waals surface area contributed by atoms with Crippen LogP contribution in [0, 0.1) is 0 Å². The van der Waals surface area contributed by atoms with Crippen molar-refractivity contribution in [3.05, 3.63) is 0 Å². The van der Waals surface area contributed by atoms with Gasteiger partial charge in [-0.1, -0.05) is 0 Å². The van der Waals surface area contributed by atoms with Crippen molar-refractivity contribution in [3.63, 3.8) is 0 Å². The first kappa shape index (κ1) is 11.5. The molecule has 2 fully saturated rings. The van der Waals surface area contributed by atoms with Crippen LogP contribution >= 0.6 is 0 Å². The van der Waals surface area contributed by atoms with Gasteiger partial charge in [0.2, 0.25) is 5.91 Å². The lowest BCUT2D eigenvalue weighted by atomic mass is 10.2. The molecule has 0 spiro atoms. The second-order valence-electron chi connectivity index (χ2n) is 4.55. The highest BCUT2D eigenvalue weighted by molar-refractivity contribution is 5.84. The van der Waals surface area contributed by atoms with Crippen molar-refractivity contribution in [3.8, 4) is 0 Å². The number of carbonyl (C=O) groups excluding carboxylic acids is 2. The maximum Gasteiger partial charge on any atom is 0.239 e. The summed E-state index contributed by atoms with van der Waals surface area (Å²) >= 11 is 0. The summed E-state index contributed by atoms with van der Waals surface area (Å²) in [5.74, 6) is 0.0922. The van der Waals surface area contributed by atoms with Gasteiger partial charge in [0.15, 0.2) is 0 Å². The second-order valence-corrected chi connectivity index (χ2v) is 4.55. The summed E-state index contributed by atoms with van der Waals surface area (Å²) in [4.78, 5) is 24.9. The Balaban J connectivity index is 1.91. The maximum atomic E-state index is 11.9. The van der Waals surface area contributed by atoms with E-state index in [9.17, 15) is 9.59 Å². The smallest absolute Gasteiger partial charge is 0.239 e. The number of hydrogen-bond acceptors (Lipinski definition) is 4. The van der Waals surface area contributed by atoms with E-state index in [1.165, 1.54) is 0 Å². The standard InChI is InChI=1S/C11H18N2O3/c1-8(14)6-13-4-5-16-7-10(13)11(15)12-9-2-3-9/h9-10H,2-7H2,1H3,(H,12,15). The summed E-state index contributed by atoms with van der Waals surface area (Å²) < 4.78 is 5.30. The third-order valence-electron chi connectivity index (χ3n) is 2.89. The summed E-state index contributed by atoms with van der Waals surface area (Å²) in [6, 6.07) is 0.0619. The topological polar surface area (TPSA) is 58.6 Å². The minimum atomic E-state index is -0.293. The van der Waals surface area contributed by atoms with Gasteiger partial charge in [0.05, 0.1) is 19.8 Å². The van der Waals surface area contributed by atoms with Gasteiger partial charge < -0.3 is 10.1 Å². The number of ketones is 1. The van der Waals surface area contributed by atoms with E-state index < -0.39 is 0 Å². The van der Waals surface area contributed by atoms with Gasteiger partial charge in [0, 0.05) is 12.6 Å². The second kappa shape index (κ2) is 4.93. The van der Waals surface area contributed by atoms with Crippen LogP contribution in [0.4, 0.5) is 0 Å². The monoisotopic (exact) mass is 226 g/mol. The van der Waals surface area contributed by atoms with Crippen molar-refractivity contribution in [1.29, 1.82) is 0 Å². The number of hydrogen-bond donors (Lipinski definition) is 1. The van der Waals surface area contributed by atoms with Gasteiger partial charge in [-0.15, -0.1) is 0 Å². The summed E-state index contributed by atoms with van der Waals surface area (Å²) in [7, 11) is 0. The van der Waals surface area contributed by atoms with Crippen LogP contribution in [-0.4, -0.2) is 55.0 Å². The molecule has 1 unspecified atom stereocenters. The SMILES string of the molecule is CC(=O)CN1CCOCC1C(=O)NC1CC1. The van der Waals surface area contributed by atoms with Gasteiger partial charge in [0.1, 0.15) is 11.8 Å². The molecule has 1 atom stereocenters. The first-order chi connectivity index (χ1) is 7.66. The zero-order valence-corrected chi connectivity index (χ0v) is 9.57. The molecule has 2 aliphatic rings. The van der Waals surface area contributed by atoms with E-state index in [-0.39, 0.29) is 17.7 Å². The molecule has 0 aromatic rings. The lowest BCUT2D eigenvalue weighted by Crippen LogP contribution is -2.55. The van der Waals surface area contributed by atoms with Crippen molar-refractivity contribution in [2.45, 2.75) is 31.8 Å². The average Bonchev–Trinajstić information content (AvgIpc) is 3.01. The fraction of sp³-hybridized carbons (Fsp3) is 0.818. The van der Waals surface area contributed by atoms with Crippen molar-refractivity contribution in [2.24, 2.45) is 0 Å². The minimum Gasteiger partial charge on any atom is -0.378 e. The Morgan fingerprint density at radius 1 is 1.44 bits per heavy atom.